The van der Waals surface area contributed by atoms with E-state index in [0.29, 0.717) is 12.4 Å². The zero-order valence-corrected chi connectivity index (χ0v) is 20.9. The quantitative estimate of drug-likeness (QED) is 0.622. The van der Waals surface area contributed by atoms with Crippen LogP contribution in [0, 0.1) is 0 Å². The molecule has 0 aliphatic carbocycles. The molecule has 2 aromatic rings. The molecule has 0 atom stereocenters. The first-order chi connectivity index (χ1) is 14.5. The Morgan fingerprint density at radius 3 is 2.29 bits per heavy atom. The smallest absolute Gasteiger partial charge is 0.250 e. The molecule has 1 aromatic carbocycles. The molecule has 0 radical (unpaired) electrons. The summed E-state index contributed by atoms with van der Waals surface area (Å²) in [5, 5.41) is 3.76. The number of carbonyl (C=O) groups is 1. The van der Waals surface area contributed by atoms with E-state index in [0.717, 1.165) is 42.6 Å². The van der Waals surface area contributed by atoms with Crippen LogP contribution in [0.1, 0.15) is 20.8 Å². The van der Waals surface area contributed by atoms with Gasteiger partial charge in [0.1, 0.15) is 11.6 Å². The molecule has 1 fully saturated rings. The molecule has 8 heteroatoms. The normalized spacial score (nSPS) is 15.6. The van der Waals surface area contributed by atoms with Crippen molar-refractivity contribution in [3.8, 4) is 5.75 Å². The molecule has 1 aliphatic rings. The lowest BCUT2D eigenvalue weighted by Crippen LogP contribution is -2.48. The van der Waals surface area contributed by atoms with Gasteiger partial charge in [0.15, 0.2) is 0 Å². The summed E-state index contributed by atoms with van der Waals surface area (Å²) in [6.45, 7) is 14.8. The number of pyridine rings is 1. The van der Waals surface area contributed by atoms with Gasteiger partial charge in [-0.25, -0.2) is 4.98 Å². The SMILES string of the molecule is CC(C)(C)[Si](C)(C)Oc1ccc(NC(=O)CN2CCN(c3ccc(Cl)cc3)CC2)nc1. The zero-order valence-electron chi connectivity index (χ0n) is 19.1. The summed E-state index contributed by atoms with van der Waals surface area (Å²) in [5.41, 5.74) is 1.16. The lowest BCUT2D eigenvalue weighted by atomic mass is 10.2. The largest absolute Gasteiger partial charge is 0.542 e. The van der Waals surface area contributed by atoms with Gasteiger partial charge in [-0.15, -0.1) is 0 Å². The number of nitrogens with zero attached hydrogens (tertiary/aromatic N) is 3. The van der Waals surface area contributed by atoms with Crippen LogP contribution in [0.4, 0.5) is 11.5 Å². The number of rotatable bonds is 6. The van der Waals surface area contributed by atoms with Crippen molar-refractivity contribution in [1.29, 1.82) is 0 Å². The summed E-state index contributed by atoms with van der Waals surface area (Å²) in [5.74, 6) is 1.25. The van der Waals surface area contributed by atoms with Gasteiger partial charge in [-0.3, -0.25) is 9.69 Å². The summed E-state index contributed by atoms with van der Waals surface area (Å²) in [7, 11) is -1.90. The van der Waals surface area contributed by atoms with Crippen molar-refractivity contribution in [2.24, 2.45) is 0 Å². The van der Waals surface area contributed by atoms with Crippen LogP contribution in [0.5, 0.6) is 5.75 Å². The Balaban J connectivity index is 1.46. The highest BCUT2D eigenvalue weighted by atomic mass is 35.5. The van der Waals surface area contributed by atoms with E-state index in [4.69, 9.17) is 16.0 Å². The maximum atomic E-state index is 12.5. The second-order valence-electron chi connectivity index (χ2n) is 9.53. The number of benzene rings is 1. The average Bonchev–Trinajstić information content (AvgIpc) is 2.70. The third kappa shape index (κ3) is 6.45. The molecular formula is C23H33ClN4O2Si. The maximum absolute atomic E-state index is 12.5. The molecule has 3 rings (SSSR count). The third-order valence-electron chi connectivity index (χ3n) is 6.11. The van der Waals surface area contributed by atoms with Gasteiger partial charge in [0.05, 0.1) is 12.7 Å². The minimum atomic E-state index is -1.90. The van der Waals surface area contributed by atoms with Crippen LogP contribution in [0.25, 0.3) is 0 Å². The Morgan fingerprint density at radius 1 is 1.10 bits per heavy atom. The Hall–Kier alpha value is -2.09. The van der Waals surface area contributed by atoms with E-state index in [1.165, 1.54) is 0 Å². The van der Waals surface area contributed by atoms with E-state index < -0.39 is 8.32 Å². The van der Waals surface area contributed by atoms with Crippen LogP contribution in [0.3, 0.4) is 0 Å². The molecular weight excluding hydrogens is 428 g/mol. The van der Waals surface area contributed by atoms with Crippen LogP contribution in [-0.2, 0) is 4.79 Å². The van der Waals surface area contributed by atoms with Crippen LogP contribution >= 0.6 is 11.6 Å². The highest BCUT2D eigenvalue weighted by molar-refractivity contribution is 6.74. The molecule has 0 unspecified atom stereocenters. The molecule has 1 aliphatic heterocycles. The summed E-state index contributed by atoms with van der Waals surface area (Å²) < 4.78 is 6.24. The molecule has 168 valence electrons. The third-order valence-corrected chi connectivity index (χ3v) is 10.7. The Kier molecular flexibility index (Phi) is 7.29. The van der Waals surface area contributed by atoms with Gasteiger partial charge < -0.3 is 14.6 Å². The van der Waals surface area contributed by atoms with Crippen molar-refractivity contribution in [3.05, 3.63) is 47.6 Å². The highest BCUT2D eigenvalue weighted by Crippen LogP contribution is 2.37. The highest BCUT2D eigenvalue weighted by Gasteiger charge is 2.39. The van der Waals surface area contributed by atoms with Crippen molar-refractivity contribution in [1.82, 2.24) is 9.88 Å². The minimum absolute atomic E-state index is 0.0505. The van der Waals surface area contributed by atoms with Crippen molar-refractivity contribution in [2.75, 3.05) is 42.9 Å². The molecule has 0 bridgehead atoms. The second kappa shape index (κ2) is 9.59. The Morgan fingerprint density at radius 2 is 1.74 bits per heavy atom. The lowest BCUT2D eigenvalue weighted by molar-refractivity contribution is -0.117. The van der Waals surface area contributed by atoms with E-state index in [9.17, 15) is 4.79 Å². The molecule has 31 heavy (non-hydrogen) atoms. The van der Waals surface area contributed by atoms with Crippen LogP contribution in [0.2, 0.25) is 23.2 Å². The number of hydrogen-bond donors (Lipinski definition) is 1. The monoisotopic (exact) mass is 460 g/mol. The molecule has 1 N–H and O–H groups in total. The number of piperazine rings is 1. The van der Waals surface area contributed by atoms with E-state index in [-0.39, 0.29) is 10.9 Å². The van der Waals surface area contributed by atoms with Crippen molar-refractivity contribution >= 4 is 37.3 Å². The predicted octanol–water partition coefficient (Wildman–Crippen LogP) is 4.88. The molecule has 0 saturated carbocycles. The summed E-state index contributed by atoms with van der Waals surface area (Å²) in [6, 6.07) is 11.6. The van der Waals surface area contributed by atoms with E-state index in [1.54, 1.807) is 12.3 Å². The predicted molar refractivity (Wildman–Crippen MR) is 131 cm³/mol. The van der Waals surface area contributed by atoms with Gasteiger partial charge in [0.25, 0.3) is 8.32 Å². The molecule has 1 saturated heterocycles. The fourth-order valence-corrected chi connectivity index (χ4v) is 4.31. The van der Waals surface area contributed by atoms with Crippen LogP contribution in [-0.4, -0.2) is 56.8 Å². The molecule has 0 spiro atoms. The van der Waals surface area contributed by atoms with E-state index >= 15 is 0 Å². The molecule has 1 aromatic heterocycles. The van der Waals surface area contributed by atoms with E-state index in [2.05, 4.69) is 54.0 Å². The topological polar surface area (TPSA) is 57.7 Å². The van der Waals surface area contributed by atoms with Crippen LogP contribution < -0.4 is 14.6 Å². The first-order valence-electron chi connectivity index (χ1n) is 10.7. The van der Waals surface area contributed by atoms with Gasteiger partial charge in [-0.2, -0.15) is 0 Å². The molecule has 6 nitrogen and oxygen atoms in total. The Bertz CT molecular complexity index is 874. The van der Waals surface area contributed by atoms with Gasteiger partial charge in [0, 0.05) is 36.9 Å². The van der Waals surface area contributed by atoms with Gasteiger partial charge in [0.2, 0.25) is 5.91 Å². The van der Waals surface area contributed by atoms with Crippen LogP contribution in [0.15, 0.2) is 42.6 Å². The Labute approximate surface area is 191 Å². The van der Waals surface area contributed by atoms with Crippen molar-refractivity contribution < 1.29 is 9.22 Å². The number of nitrogens with one attached hydrogen (secondary N) is 1. The minimum Gasteiger partial charge on any atom is -0.542 e. The van der Waals surface area contributed by atoms with Crippen molar-refractivity contribution in [2.45, 2.75) is 38.9 Å². The number of carbonyl (C=O) groups excluding carboxylic acids is 1. The summed E-state index contributed by atoms with van der Waals surface area (Å²) in [6.07, 6.45) is 1.70. The first kappa shape index (κ1) is 23.6. The number of aromatic nitrogens is 1. The van der Waals surface area contributed by atoms with Crippen molar-refractivity contribution in [3.63, 3.8) is 0 Å². The van der Waals surface area contributed by atoms with Gasteiger partial charge in [-0.05, 0) is 54.5 Å². The fourth-order valence-electron chi connectivity index (χ4n) is 3.16. The fraction of sp³-hybridized carbons (Fsp3) is 0.478. The number of hydrogen-bond acceptors (Lipinski definition) is 5. The van der Waals surface area contributed by atoms with Gasteiger partial charge in [-0.1, -0.05) is 32.4 Å². The average molecular weight is 461 g/mol. The number of amides is 1. The molecule has 2 heterocycles. The van der Waals surface area contributed by atoms with E-state index in [1.807, 2.05) is 30.3 Å². The molecule has 1 amide bonds. The number of halogens is 1. The summed E-state index contributed by atoms with van der Waals surface area (Å²) >= 11 is 5.97. The standard InChI is InChI=1S/C23H33ClN4O2Si/c1-23(2,3)31(4,5)30-20-10-11-21(25-16-20)26-22(29)17-27-12-14-28(15-13-27)19-8-6-18(24)7-9-19/h6-11,16H,12-15,17H2,1-5H3,(H,25,26,29). The second-order valence-corrected chi connectivity index (χ2v) is 14.7. The summed E-state index contributed by atoms with van der Waals surface area (Å²) in [4.78, 5) is 21.3. The van der Waals surface area contributed by atoms with Gasteiger partial charge >= 0.3 is 0 Å². The maximum Gasteiger partial charge on any atom is 0.250 e. The first-order valence-corrected chi connectivity index (χ1v) is 14.0. The number of anilines is 2. The lowest BCUT2D eigenvalue weighted by Gasteiger charge is -2.36. The zero-order chi connectivity index (χ0) is 22.6.